The molecule has 1 aromatic heterocycles. The molecule has 176 valence electrons. The number of alkyl carbamates (subject to hydrolysis) is 1. The zero-order valence-corrected chi connectivity index (χ0v) is 19.4. The molecule has 0 saturated carbocycles. The Kier molecular flexibility index (Phi) is 7.22. The van der Waals surface area contributed by atoms with Crippen LogP contribution in [0.1, 0.15) is 51.5 Å². The van der Waals surface area contributed by atoms with Gasteiger partial charge in [-0.3, -0.25) is 4.79 Å². The van der Waals surface area contributed by atoms with Crippen LogP contribution >= 0.6 is 11.3 Å². The van der Waals surface area contributed by atoms with Crippen LogP contribution in [0, 0.1) is 0 Å². The summed E-state index contributed by atoms with van der Waals surface area (Å²) in [5.41, 5.74) is 4.59. The van der Waals surface area contributed by atoms with Gasteiger partial charge in [0.25, 0.3) is 0 Å². The normalized spacial score (nSPS) is 13.0. The molecule has 0 fully saturated rings. The highest BCUT2D eigenvalue weighted by Crippen LogP contribution is 2.44. The van der Waals surface area contributed by atoms with Crippen molar-refractivity contribution in [2.45, 2.75) is 38.3 Å². The molecule has 0 unspecified atom stereocenters. The minimum atomic E-state index is -1.05. The van der Waals surface area contributed by atoms with Gasteiger partial charge in [-0.05, 0) is 28.7 Å². The van der Waals surface area contributed by atoms with Gasteiger partial charge in [-0.2, -0.15) is 0 Å². The molecule has 1 heterocycles. The van der Waals surface area contributed by atoms with E-state index in [2.05, 4.69) is 39.9 Å². The van der Waals surface area contributed by atoms with Crippen LogP contribution in [0.5, 0.6) is 0 Å². The van der Waals surface area contributed by atoms with Gasteiger partial charge in [-0.25, -0.2) is 14.6 Å². The standard InChI is InChI=1S/C25H25N3O5S/c1-2-15(11-22(29)26-13-23-27-12-21(34-23)24(30)31)28-25(32)33-14-20-18-9-5-3-7-16(18)17-8-4-6-10-19(17)20/h3-10,12,15,20H,2,11,13-14H2,1H3,(H,26,29)(H,28,32)(H,30,31)/t15-/m0/s1. The third-order valence-corrected chi connectivity index (χ3v) is 6.78. The molecule has 0 radical (unpaired) electrons. The number of aromatic carboxylic acids is 1. The Labute approximate surface area is 201 Å². The van der Waals surface area contributed by atoms with Crippen molar-refractivity contribution in [1.29, 1.82) is 0 Å². The van der Waals surface area contributed by atoms with Crippen molar-refractivity contribution in [2.24, 2.45) is 0 Å². The summed E-state index contributed by atoms with van der Waals surface area (Å²) in [6, 6.07) is 15.9. The van der Waals surface area contributed by atoms with Crippen molar-refractivity contribution in [2.75, 3.05) is 6.61 Å². The molecule has 2 aromatic carbocycles. The number of carbonyl (C=O) groups is 3. The number of aromatic nitrogens is 1. The third kappa shape index (κ3) is 5.26. The van der Waals surface area contributed by atoms with Gasteiger partial charge in [0, 0.05) is 18.4 Å². The number of amides is 2. The van der Waals surface area contributed by atoms with Gasteiger partial charge in [0.05, 0.1) is 12.7 Å². The first-order valence-electron chi connectivity index (χ1n) is 11.0. The van der Waals surface area contributed by atoms with Crippen LogP contribution in [0.3, 0.4) is 0 Å². The van der Waals surface area contributed by atoms with Gasteiger partial charge in [0.2, 0.25) is 5.91 Å². The molecule has 1 aliphatic carbocycles. The molecular weight excluding hydrogens is 454 g/mol. The fraction of sp³-hybridized carbons (Fsp3) is 0.280. The van der Waals surface area contributed by atoms with Crippen molar-refractivity contribution in [3.8, 4) is 11.1 Å². The van der Waals surface area contributed by atoms with Crippen LogP contribution in [-0.2, 0) is 16.1 Å². The Hall–Kier alpha value is -3.72. The predicted molar refractivity (Wildman–Crippen MR) is 128 cm³/mol. The molecule has 8 nitrogen and oxygen atoms in total. The number of nitrogens with zero attached hydrogens (tertiary/aromatic N) is 1. The summed E-state index contributed by atoms with van der Waals surface area (Å²) in [5, 5.41) is 14.9. The van der Waals surface area contributed by atoms with Gasteiger partial charge in [-0.1, -0.05) is 55.5 Å². The number of nitrogens with one attached hydrogen (secondary N) is 2. The topological polar surface area (TPSA) is 118 Å². The minimum absolute atomic E-state index is 0.0319. The molecule has 0 spiro atoms. The van der Waals surface area contributed by atoms with Crippen molar-refractivity contribution in [3.63, 3.8) is 0 Å². The van der Waals surface area contributed by atoms with Gasteiger partial charge < -0.3 is 20.5 Å². The summed E-state index contributed by atoms with van der Waals surface area (Å²) < 4.78 is 5.56. The molecule has 0 saturated heterocycles. The molecule has 0 aliphatic heterocycles. The second kappa shape index (κ2) is 10.5. The Bertz CT molecular complexity index is 1160. The molecule has 1 atom stereocenters. The van der Waals surface area contributed by atoms with E-state index in [0.717, 1.165) is 33.6 Å². The van der Waals surface area contributed by atoms with Gasteiger partial charge in [-0.15, -0.1) is 11.3 Å². The Morgan fingerprint density at radius 1 is 1.09 bits per heavy atom. The number of rotatable bonds is 9. The maximum Gasteiger partial charge on any atom is 0.407 e. The molecule has 0 bridgehead atoms. The van der Waals surface area contributed by atoms with Crippen LogP contribution in [0.15, 0.2) is 54.7 Å². The first kappa shape index (κ1) is 23.4. The molecule has 9 heteroatoms. The number of carboxylic acid groups (broad SMARTS) is 1. The quantitative estimate of drug-likeness (QED) is 0.424. The van der Waals surface area contributed by atoms with E-state index in [9.17, 15) is 14.4 Å². The second-order valence-corrected chi connectivity index (χ2v) is 9.09. The highest BCUT2D eigenvalue weighted by atomic mass is 32.1. The number of thiazole rings is 1. The molecule has 2 amide bonds. The number of carbonyl (C=O) groups excluding carboxylic acids is 2. The van der Waals surface area contributed by atoms with Crippen molar-refractivity contribution < 1.29 is 24.2 Å². The zero-order chi connectivity index (χ0) is 24.1. The van der Waals surface area contributed by atoms with Crippen LogP contribution in [0.4, 0.5) is 4.79 Å². The molecule has 3 aromatic rings. The maximum atomic E-state index is 12.5. The Morgan fingerprint density at radius 3 is 2.32 bits per heavy atom. The second-order valence-electron chi connectivity index (χ2n) is 7.98. The summed E-state index contributed by atoms with van der Waals surface area (Å²) in [6.07, 6.45) is 1.34. The maximum absolute atomic E-state index is 12.5. The van der Waals surface area contributed by atoms with E-state index in [-0.39, 0.29) is 42.3 Å². The minimum Gasteiger partial charge on any atom is -0.477 e. The lowest BCUT2D eigenvalue weighted by Crippen LogP contribution is -2.39. The number of ether oxygens (including phenoxy) is 1. The average Bonchev–Trinajstić information content (AvgIpc) is 3.44. The fourth-order valence-corrected chi connectivity index (χ4v) is 4.76. The predicted octanol–water partition coefficient (Wildman–Crippen LogP) is 4.16. The van der Waals surface area contributed by atoms with Gasteiger partial charge >= 0.3 is 12.1 Å². The van der Waals surface area contributed by atoms with Crippen LogP contribution in [0.25, 0.3) is 11.1 Å². The van der Waals surface area contributed by atoms with Gasteiger partial charge in [0.1, 0.15) is 16.5 Å². The van der Waals surface area contributed by atoms with Crippen molar-refractivity contribution in [1.82, 2.24) is 15.6 Å². The number of hydrogen-bond acceptors (Lipinski definition) is 6. The first-order chi connectivity index (χ1) is 16.5. The van der Waals surface area contributed by atoms with Gasteiger partial charge in [0.15, 0.2) is 0 Å². The molecule has 3 N–H and O–H groups in total. The van der Waals surface area contributed by atoms with E-state index >= 15 is 0 Å². The van der Waals surface area contributed by atoms with E-state index in [1.807, 2.05) is 31.2 Å². The summed E-state index contributed by atoms with van der Waals surface area (Å²) in [4.78, 5) is 39.8. The SMILES string of the molecule is CC[C@@H](CC(=O)NCc1ncc(C(=O)O)s1)NC(=O)OCC1c2ccccc2-c2ccccc21. The Balaban J connectivity index is 1.28. The number of fused-ring (bicyclic) bond motifs is 3. The molecule has 34 heavy (non-hydrogen) atoms. The van der Waals surface area contributed by atoms with Crippen LogP contribution < -0.4 is 10.6 Å². The van der Waals surface area contributed by atoms with Crippen LogP contribution in [0.2, 0.25) is 0 Å². The summed E-state index contributed by atoms with van der Waals surface area (Å²) in [7, 11) is 0. The zero-order valence-electron chi connectivity index (χ0n) is 18.6. The number of benzene rings is 2. The smallest absolute Gasteiger partial charge is 0.407 e. The highest BCUT2D eigenvalue weighted by Gasteiger charge is 2.29. The van der Waals surface area contributed by atoms with Crippen LogP contribution in [-0.4, -0.2) is 40.7 Å². The lowest BCUT2D eigenvalue weighted by molar-refractivity contribution is -0.121. The third-order valence-electron chi connectivity index (χ3n) is 5.79. The summed E-state index contributed by atoms with van der Waals surface area (Å²) >= 11 is 1.01. The van der Waals surface area contributed by atoms with Crippen molar-refractivity contribution >= 4 is 29.3 Å². The molecule has 1 aliphatic rings. The van der Waals surface area contributed by atoms with E-state index < -0.39 is 12.1 Å². The summed E-state index contributed by atoms with van der Waals surface area (Å²) in [5.74, 6) is -1.35. The lowest BCUT2D eigenvalue weighted by atomic mass is 9.98. The lowest BCUT2D eigenvalue weighted by Gasteiger charge is -2.18. The fourth-order valence-electron chi connectivity index (χ4n) is 4.07. The molecule has 4 rings (SSSR count). The Morgan fingerprint density at radius 2 is 1.74 bits per heavy atom. The van der Waals surface area contributed by atoms with E-state index in [0.29, 0.717) is 11.4 Å². The van der Waals surface area contributed by atoms with E-state index in [4.69, 9.17) is 9.84 Å². The van der Waals surface area contributed by atoms with E-state index in [1.54, 1.807) is 0 Å². The monoisotopic (exact) mass is 479 g/mol. The average molecular weight is 480 g/mol. The molecular formula is C25H25N3O5S. The first-order valence-corrected chi connectivity index (χ1v) is 11.8. The largest absolute Gasteiger partial charge is 0.477 e. The summed E-state index contributed by atoms with van der Waals surface area (Å²) in [6.45, 7) is 2.22. The van der Waals surface area contributed by atoms with E-state index in [1.165, 1.54) is 6.20 Å². The number of hydrogen-bond donors (Lipinski definition) is 3. The van der Waals surface area contributed by atoms with Crippen molar-refractivity contribution in [3.05, 3.63) is 75.7 Å². The highest BCUT2D eigenvalue weighted by molar-refractivity contribution is 7.13. The number of carboxylic acids is 1.